The number of carbonyl (C=O) groups is 2. The van der Waals surface area contributed by atoms with Gasteiger partial charge < -0.3 is 20.5 Å². The Kier molecular flexibility index (Phi) is 5.41. The molecule has 1 saturated heterocycles. The maximum absolute atomic E-state index is 11.8. The average molecular weight is 313 g/mol. The van der Waals surface area contributed by atoms with Crippen LogP contribution in [0.25, 0.3) is 0 Å². The van der Waals surface area contributed by atoms with E-state index in [0.717, 1.165) is 26.1 Å². The number of anilines is 1. The third kappa shape index (κ3) is 4.61. The van der Waals surface area contributed by atoms with Crippen LogP contribution in [0.2, 0.25) is 5.02 Å². The number of carboxylic acids is 1. The molecule has 1 fully saturated rings. The predicted molar refractivity (Wildman–Crippen MR) is 79.0 cm³/mol. The van der Waals surface area contributed by atoms with Crippen LogP contribution in [0, 0.1) is 5.92 Å². The van der Waals surface area contributed by atoms with E-state index in [-0.39, 0.29) is 16.6 Å². The van der Waals surface area contributed by atoms with Crippen molar-refractivity contribution in [1.29, 1.82) is 0 Å². The van der Waals surface area contributed by atoms with Crippen LogP contribution in [-0.2, 0) is 4.74 Å². The zero-order chi connectivity index (χ0) is 15.2. The van der Waals surface area contributed by atoms with Crippen LogP contribution in [0.3, 0.4) is 0 Å². The maximum atomic E-state index is 11.8. The summed E-state index contributed by atoms with van der Waals surface area (Å²) in [5.41, 5.74) is 0.458. The van der Waals surface area contributed by atoms with Gasteiger partial charge in [0.05, 0.1) is 16.3 Å². The summed E-state index contributed by atoms with van der Waals surface area (Å²) in [5.74, 6) is -0.637. The largest absolute Gasteiger partial charge is 0.478 e. The van der Waals surface area contributed by atoms with Crippen molar-refractivity contribution in [2.45, 2.75) is 12.8 Å². The Labute approximate surface area is 127 Å². The Morgan fingerprint density at radius 3 is 2.67 bits per heavy atom. The van der Waals surface area contributed by atoms with Crippen molar-refractivity contribution in [2.75, 3.05) is 25.1 Å². The molecule has 1 aromatic rings. The molecule has 1 aromatic carbocycles. The Hall–Kier alpha value is -1.79. The van der Waals surface area contributed by atoms with Crippen molar-refractivity contribution in [1.82, 2.24) is 5.32 Å². The van der Waals surface area contributed by atoms with E-state index in [1.165, 1.54) is 18.2 Å². The van der Waals surface area contributed by atoms with Crippen LogP contribution in [0.15, 0.2) is 18.2 Å². The SMILES string of the molecule is O=C(NCC1CCOCC1)Nc1ccc(C(=O)O)cc1Cl. The normalized spacial score (nSPS) is 15.5. The molecule has 7 heteroatoms. The van der Waals surface area contributed by atoms with Crippen molar-refractivity contribution in [3.63, 3.8) is 0 Å². The zero-order valence-electron chi connectivity index (χ0n) is 11.4. The Morgan fingerprint density at radius 1 is 1.33 bits per heavy atom. The summed E-state index contributed by atoms with van der Waals surface area (Å²) in [6.07, 6.45) is 1.88. The quantitative estimate of drug-likeness (QED) is 0.797. The number of nitrogens with one attached hydrogen (secondary N) is 2. The van der Waals surface area contributed by atoms with E-state index in [4.69, 9.17) is 21.4 Å². The van der Waals surface area contributed by atoms with E-state index >= 15 is 0 Å². The smallest absolute Gasteiger partial charge is 0.335 e. The van der Waals surface area contributed by atoms with Gasteiger partial charge in [-0.2, -0.15) is 0 Å². The minimum Gasteiger partial charge on any atom is -0.478 e. The molecule has 1 aliphatic heterocycles. The molecule has 0 unspecified atom stereocenters. The van der Waals surface area contributed by atoms with Gasteiger partial charge in [-0.15, -0.1) is 0 Å². The third-order valence-electron chi connectivity index (χ3n) is 3.36. The van der Waals surface area contributed by atoms with E-state index in [1.54, 1.807) is 0 Å². The van der Waals surface area contributed by atoms with Gasteiger partial charge in [-0.25, -0.2) is 9.59 Å². The average Bonchev–Trinajstić information content (AvgIpc) is 2.48. The Balaban J connectivity index is 1.85. The highest BCUT2D eigenvalue weighted by Gasteiger charge is 2.15. The number of hydrogen-bond acceptors (Lipinski definition) is 3. The van der Waals surface area contributed by atoms with Crippen molar-refractivity contribution in [3.05, 3.63) is 28.8 Å². The van der Waals surface area contributed by atoms with E-state index in [2.05, 4.69) is 10.6 Å². The number of aromatic carboxylic acids is 1. The third-order valence-corrected chi connectivity index (χ3v) is 3.67. The fraction of sp³-hybridized carbons (Fsp3) is 0.429. The van der Waals surface area contributed by atoms with Crippen molar-refractivity contribution in [3.8, 4) is 0 Å². The van der Waals surface area contributed by atoms with Gasteiger partial charge in [-0.1, -0.05) is 11.6 Å². The first-order valence-electron chi connectivity index (χ1n) is 6.71. The second-order valence-corrected chi connectivity index (χ2v) is 5.30. The molecule has 1 aliphatic rings. The van der Waals surface area contributed by atoms with Gasteiger partial charge in [-0.3, -0.25) is 0 Å². The highest BCUT2D eigenvalue weighted by atomic mass is 35.5. The number of urea groups is 1. The van der Waals surface area contributed by atoms with Gasteiger partial charge in [0.15, 0.2) is 0 Å². The van der Waals surface area contributed by atoms with Crippen LogP contribution in [-0.4, -0.2) is 36.9 Å². The fourth-order valence-electron chi connectivity index (χ4n) is 2.10. The molecule has 1 heterocycles. The van der Waals surface area contributed by atoms with Crippen LogP contribution in [0.4, 0.5) is 10.5 Å². The summed E-state index contributed by atoms with van der Waals surface area (Å²) in [6, 6.07) is 3.81. The molecule has 0 radical (unpaired) electrons. The van der Waals surface area contributed by atoms with Crippen LogP contribution in [0.5, 0.6) is 0 Å². The number of rotatable bonds is 4. The molecular weight excluding hydrogens is 296 g/mol. The van der Waals surface area contributed by atoms with Crippen LogP contribution in [0.1, 0.15) is 23.2 Å². The standard InChI is InChI=1S/C14H17ClN2O4/c15-11-7-10(13(18)19)1-2-12(11)17-14(20)16-8-9-3-5-21-6-4-9/h1-2,7,9H,3-6,8H2,(H,18,19)(H2,16,17,20). The fourth-order valence-corrected chi connectivity index (χ4v) is 2.33. The minimum atomic E-state index is -1.06. The van der Waals surface area contributed by atoms with Gasteiger partial charge >= 0.3 is 12.0 Å². The van der Waals surface area contributed by atoms with Crippen LogP contribution < -0.4 is 10.6 Å². The molecule has 0 saturated carbocycles. The molecule has 0 bridgehead atoms. The summed E-state index contributed by atoms with van der Waals surface area (Å²) in [6.45, 7) is 2.05. The number of carbonyl (C=O) groups excluding carboxylic acids is 1. The van der Waals surface area contributed by atoms with Gasteiger partial charge in [0.2, 0.25) is 0 Å². The first-order chi connectivity index (χ1) is 10.1. The monoisotopic (exact) mass is 312 g/mol. The lowest BCUT2D eigenvalue weighted by Crippen LogP contribution is -2.35. The summed E-state index contributed by atoms with van der Waals surface area (Å²) in [7, 11) is 0. The lowest BCUT2D eigenvalue weighted by atomic mass is 10.0. The van der Waals surface area contributed by atoms with E-state index in [9.17, 15) is 9.59 Å². The topological polar surface area (TPSA) is 87.7 Å². The summed E-state index contributed by atoms with van der Waals surface area (Å²) in [4.78, 5) is 22.6. The van der Waals surface area contributed by atoms with Crippen molar-refractivity contribution >= 4 is 29.3 Å². The summed E-state index contributed by atoms with van der Waals surface area (Å²) in [5, 5.41) is 14.4. The van der Waals surface area contributed by atoms with E-state index < -0.39 is 5.97 Å². The Morgan fingerprint density at radius 2 is 2.05 bits per heavy atom. The number of halogens is 1. The van der Waals surface area contributed by atoms with E-state index in [0.29, 0.717) is 18.2 Å². The molecular formula is C14H17ClN2O4. The number of amides is 2. The molecule has 0 aliphatic carbocycles. The first kappa shape index (κ1) is 15.6. The summed E-state index contributed by atoms with van der Waals surface area (Å²) < 4.78 is 5.25. The molecule has 0 atom stereocenters. The van der Waals surface area contributed by atoms with Gasteiger partial charge in [0, 0.05) is 19.8 Å². The maximum Gasteiger partial charge on any atom is 0.335 e. The molecule has 0 aromatic heterocycles. The molecule has 2 amide bonds. The lowest BCUT2D eigenvalue weighted by Gasteiger charge is -2.22. The Bertz CT molecular complexity index is 530. The first-order valence-corrected chi connectivity index (χ1v) is 7.09. The second-order valence-electron chi connectivity index (χ2n) is 4.89. The number of hydrogen-bond donors (Lipinski definition) is 3. The number of ether oxygens (including phenoxy) is 1. The number of carboxylic acid groups (broad SMARTS) is 1. The summed E-state index contributed by atoms with van der Waals surface area (Å²) >= 11 is 5.94. The molecule has 0 spiro atoms. The molecule has 21 heavy (non-hydrogen) atoms. The molecule has 114 valence electrons. The minimum absolute atomic E-state index is 0.0770. The zero-order valence-corrected chi connectivity index (χ0v) is 12.2. The molecule has 3 N–H and O–H groups in total. The van der Waals surface area contributed by atoms with Gasteiger partial charge in [-0.05, 0) is 37.0 Å². The van der Waals surface area contributed by atoms with Crippen molar-refractivity contribution < 1.29 is 19.4 Å². The van der Waals surface area contributed by atoms with Crippen molar-refractivity contribution in [2.24, 2.45) is 5.92 Å². The van der Waals surface area contributed by atoms with Gasteiger partial charge in [0.1, 0.15) is 0 Å². The lowest BCUT2D eigenvalue weighted by molar-refractivity contribution is 0.0670. The number of benzene rings is 1. The molecule has 2 rings (SSSR count). The highest BCUT2D eigenvalue weighted by molar-refractivity contribution is 6.34. The van der Waals surface area contributed by atoms with E-state index in [1.807, 2.05) is 0 Å². The molecule has 6 nitrogen and oxygen atoms in total. The van der Waals surface area contributed by atoms with Gasteiger partial charge in [0.25, 0.3) is 0 Å². The predicted octanol–water partition coefficient (Wildman–Crippen LogP) is 2.59. The van der Waals surface area contributed by atoms with Crippen LogP contribution >= 0.6 is 11.6 Å². The highest BCUT2D eigenvalue weighted by Crippen LogP contribution is 2.23. The second kappa shape index (κ2) is 7.28.